The van der Waals surface area contributed by atoms with E-state index in [2.05, 4.69) is 5.32 Å². The molecule has 27 heavy (non-hydrogen) atoms. The van der Waals surface area contributed by atoms with Crippen LogP contribution in [0.2, 0.25) is 0 Å². The molecular formula is C20H22N2O5. The Labute approximate surface area is 157 Å². The van der Waals surface area contributed by atoms with Gasteiger partial charge in [-0.2, -0.15) is 0 Å². The minimum absolute atomic E-state index is 0.189. The summed E-state index contributed by atoms with van der Waals surface area (Å²) in [7, 11) is 2.98. The van der Waals surface area contributed by atoms with Gasteiger partial charge < -0.3 is 19.5 Å². The van der Waals surface area contributed by atoms with Gasteiger partial charge in [0.1, 0.15) is 23.2 Å². The highest BCUT2D eigenvalue weighted by atomic mass is 16.6. The molecule has 1 fully saturated rings. The van der Waals surface area contributed by atoms with Gasteiger partial charge in [0.2, 0.25) is 0 Å². The first-order valence-corrected chi connectivity index (χ1v) is 8.57. The average Bonchev–Trinajstić information content (AvgIpc) is 3.06. The minimum Gasteiger partial charge on any atom is -0.496 e. The minimum atomic E-state index is -0.442. The lowest BCUT2D eigenvalue weighted by molar-refractivity contribution is 0.0910. The van der Waals surface area contributed by atoms with E-state index in [1.54, 1.807) is 23.1 Å². The summed E-state index contributed by atoms with van der Waals surface area (Å²) in [5.74, 6) is 0.475. The summed E-state index contributed by atoms with van der Waals surface area (Å²) in [4.78, 5) is 26.3. The number of aryl methyl sites for hydroxylation is 1. The van der Waals surface area contributed by atoms with E-state index in [-0.39, 0.29) is 12.5 Å². The number of carbonyl (C=O) groups is 2. The normalized spacial score (nSPS) is 16.0. The van der Waals surface area contributed by atoms with Gasteiger partial charge in [0.15, 0.2) is 0 Å². The highest BCUT2D eigenvalue weighted by Crippen LogP contribution is 2.28. The molecule has 1 atom stereocenters. The molecule has 2 aromatic rings. The third-order valence-electron chi connectivity index (χ3n) is 4.33. The predicted octanol–water partition coefficient (Wildman–Crippen LogP) is 2.77. The van der Waals surface area contributed by atoms with Crippen molar-refractivity contribution in [1.29, 1.82) is 0 Å². The van der Waals surface area contributed by atoms with Crippen LogP contribution in [0.1, 0.15) is 15.9 Å². The third-order valence-corrected chi connectivity index (χ3v) is 4.33. The van der Waals surface area contributed by atoms with E-state index >= 15 is 0 Å². The highest BCUT2D eigenvalue weighted by Gasteiger charge is 2.33. The number of amides is 2. The van der Waals surface area contributed by atoms with Gasteiger partial charge in [-0.05, 0) is 36.8 Å². The van der Waals surface area contributed by atoms with Crippen LogP contribution in [0, 0.1) is 6.92 Å². The molecule has 142 valence electrons. The monoisotopic (exact) mass is 370 g/mol. The Balaban J connectivity index is 1.66. The van der Waals surface area contributed by atoms with Gasteiger partial charge in [-0.25, -0.2) is 4.79 Å². The molecule has 7 heteroatoms. The average molecular weight is 370 g/mol. The Hall–Kier alpha value is -3.22. The summed E-state index contributed by atoms with van der Waals surface area (Å²) in [5, 5.41) is 2.79. The standard InChI is InChI=1S/C20H22N2O5/c1-13-6-4-7-14(10-13)22-12-15(27-20(22)24)11-21-19(23)18-16(25-2)8-5-9-17(18)26-3/h4-10,15H,11-12H2,1-3H3,(H,21,23). The molecule has 1 saturated heterocycles. The number of nitrogens with zero attached hydrogens (tertiary/aromatic N) is 1. The van der Waals surface area contributed by atoms with Crippen LogP contribution in [0.25, 0.3) is 0 Å². The molecule has 1 heterocycles. The van der Waals surface area contributed by atoms with E-state index in [0.717, 1.165) is 11.3 Å². The quantitative estimate of drug-likeness (QED) is 0.846. The Morgan fingerprint density at radius 3 is 2.48 bits per heavy atom. The van der Waals surface area contributed by atoms with Gasteiger partial charge in [0.05, 0.1) is 27.3 Å². The second-order valence-electron chi connectivity index (χ2n) is 6.20. The van der Waals surface area contributed by atoms with Crippen LogP contribution in [-0.4, -0.2) is 45.4 Å². The van der Waals surface area contributed by atoms with Gasteiger partial charge in [-0.15, -0.1) is 0 Å². The largest absolute Gasteiger partial charge is 0.496 e. The van der Waals surface area contributed by atoms with Crippen molar-refractivity contribution in [3.63, 3.8) is 0 Å². The zero-order valence-electron chi connectivity index (χ0n) is 15.5. The zero-order valence-corrected chi connectivity index (χ0v) is 15.5. The summed E-state index contributed by atoms with van der Waals surface area (Å²) in [5.41, 5.74) is 2.14. The zero-order chi connectivity index (χ0) is 19.4. The maximum atomic E-state index is 12.6. The van der Waals surface area contributed by atoms with Crippen molar-refractivity contribution >= 4 is 17.7 Å². The molecule has 7 nitrogen and oxygen atoms in total. The molecule has 0 saturated carbocycles. The van der Waals surface area contributed by atoms with Crippen molar-refractivity contribution in [3.05, 3.63) is 53.6 Å². The second-order valence-corrected chi connectivity index (χ2v) is 6.20. The molecule has 2 aromatic carbocycles. The van der Waals surface area contributed by atoms with E-state index in [1.165, 1.54) is 14.2 Å². The van der Waals surface area contributed by atoms with Crippen LogP contribution < -0.4 is 19.7 Å². The number of rotatable bonds is 6. The molecule has 3 rings (SSSR count). The van der Waals surface area contributed by atoms with Gasteiger partial charge in [-0.1, -0.05) is 18.2 Å². The number of methoxy groups -OCH3 is 2. The van der Waals surface area contributed by atoms with Crippen LogP contribution in [-0.2, 0) is 4.74 Å². The molecule has 1 unspecified atom stereocenters. The smallest absolute Gasteiger partial charge is 0.414 e. The summed E-state index contributed by atoms with van der Waals surface area (Å²) < 4.78 is 15.9. The molecular weight excluding hydrogens is 348 g/mol. The Morgan fingerprint density at radius 2 is 1.85 bits per heavy atom. The first-order valence-electron chi connectivity index (χ1n) is 8.57. The number of cyclic esters (lactones) is 1. The van der Waals surface area contributed by atoms with E-state index in [9.17, 15) is 9.59 Å². The van der Waals surface area contributed by atoms with Crippen molar-refractivity contribution in [2.75, 3.05) is 32.2 Å². The van der Waals surface area contributed by atoms with Gasteiger partial charge in [-0.3, -0.25) is 9.69 Å². The van der Waals surface area contributed by atoms with Crippen molar-refractivity contribution in [1.82, 2.24) is 5.32 Å². The second kappa shape index (κ2) is 7.99. The maximum Gasteiger partial charge on any atom is 0.414 e. The highest BCUT2D eigenvalue weighted by molar-refractivity contribution is 5.99. The molecule has 0 bridgehead atoms. The van der Waals surface area contributed by atoms with Crippen LogP contribution in [0.15, 0.2) is 42.5 Å². The predicted molar refractivity (Wildman–Crippen MR) is 101 cm³/mol. The fraction of sp³-hybridized carbons (Fsp3) is 0.300. The van der Waals surface area contributed by atoms with Crippen LogP contribution in [0.4, 0.5) is 10.5 Å². The number of hydrogen-bond donors (Lipinski definition) is 1. The van der Waals surface area contributed by atoms with E-state index in [1.807, 2.05) is 31.2 Å². The molecule has 2 amide bonds. The molecule has 1 aliphatic rings. The van der Waals surface area contributed by atoms with Crippen molar-refractivity contribution < 1.29 is 23.8 Å². The number of nitrogens with one attached hydrogen (secondary N) is 1. The maximum absolute atomic E-state index is 12.6. The first kappa shape index (κ1) is 18.6. The summed E-state index contributed by atoms with van der Waals surface area (Å²) in [6.45, 7) is 2.52. The van der Waals surface area contributed by atoms with E-state index < -0.39 is 12.2 Å². The van der Waals surface area contributed by atoms with Crippen LogP contribution in [0.5, 0.6) is 11.5 Å². The number of hydrogen-bond acceptors (Lipinski definition) is 5. The van der Waals surface area contributed by atoms with Crippen LogP contribution >= 0.6 is 0 Å². The summed E-state index contributed by atoms with van der Waals surface area (Å²) in [6.07, 6.45) is -0.864. The summed E-state index contributed by atoms with van der Waals surface area (Å²) >= 11 is 0. The molecule has 1 aliphatic heterocycles. The SMILES string of the molecule is COc1cccc(OC)c1C(=O)NCC1CN(c2cccc(C)c2)C(=O)O1. The molecule has 0 aromatic heterocycles. The summed E-state index contributed by atoms with van der Waals surface area (Å²) in [6, 6.07) is 12.7. The lowest BCUT2D eigenvalue weighted by Crippen LogP contribution is -2.35. The van der Waals surface area contributed by atoms with Gasteiger partial charge >= 0.3 is 6.09 Å². The van der Waals surface area contributed by atoms with E-state index in [0.29, 0.717) is 23.6 Å². The number of anilines is 1. The topological polar surface area (TPSA) is 77.1 Å². The Kier molecular flexibility index (Phi) is 5.49. The number of ether oxygens (including phenoxy) is 3. The lowest BCUT2D eigenvalue weighted by Gasteiger charge is -2.15. The first-order chi connectivity index (χ1) is 13.0. The number of benzene rings is 2. The fourth-order valence-electron chi connectivity index (χ4n) is 3.00. The van der Waals surface area contributed by atoms with Gasteiger partial charge in [0.25, 0.3) is 5.91 Å². The van der Waals surface area contributed by atoms with Crippen LogP contribution in [0.3, 0.4) is 0 Å². The molecule has 1 N–H and O–H groups in total. The molecule has 0 radical (unpaired) electrons. The number of carbonyl (C=O) groups excluding carboxylic acids is 2. The third kappa shape index (κ3) is 3.97. The van der Waals surface area contributed by atoms with E-state index in [4.69, 9.17) is 14.2 Å². The Morgan fingerprint density at radius 1 is 1.19 bits per heavy atom. The van der Waals surface area contributed by atoms with Crippen molar-refractivity contribution in [2.45, 2.75) is 13.0 Å². The fourth-order valence-corrected chi connectivity index (χ4v) is 3.00. The Bertz CT molecular complexity index is 830. The van der Waals surface area contributed by atoms with Gasteiger partial charge in [0, 0.05) is 5.69 Å². The van der Waals surface area contributed by atoms with Crippen molar-refractivity contribution in [3.8, 4) is 11.5 Å². The van der Waals surface area contributed by atoms with Crippen molar-refractivity contribution in [2.24, 2.45) is 0 Å². The molecule has 0 spiro atoms. The molecule has 0 aliphatic carbocycles. The lowest BCUT2D eigenvalue weighted by atomic mass is 10.1.